The fourth-order valence-electron chi connectivity index (χ4n) is 1.85. The van der Waals surface area contributed by atoms with Gasteiger partial charge in [-0.2, -0.15) is 30.3 Å². The van der Waals surface area contributed by atoms with Gasteiger partial charge in [0.1, 0.15) is 4.99 Å². The van der Waals surface area contributed by atoms with E-state index in [1.54, 1.807) is 60.7 Å². The summed E-state index contributed by atoms with van der Waals surface area (Å²) in [5.41, 5.74) is 4.09. The molecule has 184 valence electrons. The van der Waals surface area contributed by atoms with E-state index in [0.717, 1.165) is 27.9 Å². The van der Waals surface area contributed by atoms with Crippen LogP contribution in [0.1, 0.15) is 11.1 Å². The molecule has 3 aromatic carbocycles. The fourth-order valence-corrected chi connectivity index (χ4v) is 3.23. The van der Waals surface area contributed by atoms with Crippen molar-refractivity contribution >= 4 is 109 Å². The summed E-state index contributed by atoms with van der Waals surface area (Å²) in [4.78, 5) is 10.8. The molecule has 5 N–H and O–H groups in total. The van der Waals surface area contributed by atoms with E-state index in [1.165, 1.54) is 0 Å². The molecule has 0 saturated carbocycles. The van der Waals surface area contributed by atoms with Gasteiger partial charge in [0.15, 0.2) is 0 Å². The number of hydrogen-bond acceptors (Lipinski definition) is 6. The summed E-state index contributed by atoms with van der Waals surface area (Å²) in [7, 11) is 0. The average molecular weight is 689 g/mol. The van der Waals surface area contributed by atoms with E-state index in [4.69, 9.17) is 70.2 Å². The minimum atomic E-state index is -0.869. The van der Waals surface area contributed by atoms with Crippen molar-refractivity contribution in [3.8, 4) is 0 Å². The molecule has 0 fully saturated rings. The van der Waals surface area contributed by atoms with Crippen LogP contribution in [0.25, 0.3) is 0 Å². The number of halogens is 4. The first kappa shape index (κ1) is 43.5. The molecule has 0 aromatic heterocycles. The molecule has 0 heterocycles. The van der Waals surface area contributed by atoms with E-state index in [1.807, 2.05) is 12.1 Å². The molecule has 0 atom stereocenters. The summed E-state index contributed by atoms with van der Waals surface area (Å²) in [6.45, 7) is 0. The molecular formula is C22H19BrCl3MgN2NaO3S3. The van der Waals surface area contributed by atoms with Gasteiger partial charge < -0.3 is 33.0 Å². The zero-order valence-electron chi connectivity index (χ0n) is 19.0. The van der Waals surface area contributed by atoms with Crippen LogP contribution in [0.3, 0.4) is 0 Å². The zero-order valence-corrected chi connectivity index (χ0v) is 28.7. The summed E-state index contributed by atoms with van der Waals surface area (Å²) in [5.74, 6) is 4.24. The van der Waals surface area contributed by atoms with Crippen LogP contribution in [0.15, 0.2) is 72.8 Å². The van der Waals surface area contributed by atoms with Crippen LogP contribution in [0.4, 0.5) is 0 Å². The number of nitrogens with two attached hydrogens (primary N) is 1. The Morgan fingerprint density at radius 1 is 0.889 bits per heavy atom. The molecule has 3 aromatic rings. The first-order chi connectivity index (χ1) is 15.2. The predicted octanol–water partition coefficient (Wildman–Crippen LogP) is -0.0973. The van der Waals surface area contributed by atoms with Crippen LogP contribution in [0.5, 0.6) is 0 Å². The van der Waals surface area contributed by atoms with Crippen molar-refractivity contribution in [1.82, 2.24) is 5.43 Å². The van der Waals surface area contributed by atoms with Gasteiger partial charge in [0.05, 0.1) is 9.95 Å². The molecule has 0 unspecified atom stereocenters. The number of nitrogens with one attached hydrogen (secondary N) is 1. The number of hydrogen-bond donors (Lipinski definition) is 3. The van der Waals surface area contributed by atoms with Gasteiger partial charge in [-0.05, 0) is 29.8 Å². The largest absolute Gasteiger partial charge is 2.00 e. The summed E-state index contributed by atoms with van der Waals surface area (Å²) < 4.78 is 0.573. The Morgan fingerprint density at radius 3 is 1.61 bits per heavy atom. The van der Waals surface area contributed by atoms with Gasteiger partial charge in [0.2, 0.25) is 0 Å². The van der Waals surface area contributed by atoms with Crippen molar-refractivity contribution in [3.05, 3.63) is 105 Å². The summed E-state index contributed by atoms with van der Waals surface area (Å²) in [6, 6.07) is 24.2. The molecule has 0 spiro atoms. The predicted molar refractivity (Wildman–Crippen MR) is 152 cm³/mol. The van der Waals surface area contributed by atoms with E-state index in [9.17, 15) is 4.79 Å². The van der Waals surface area contributed by atoms with E-state index in [-0.39, 0.29) is 80.8 Å². The Labute approximate surface area is 289 Å². The number of carboxylic acid groups (broad SMARTS) is 1. The van der Waals surface area contributed by atoms with E-state index < -0.39 is 5.97 Å². The number of carboxylic acids is 1. The first-order valence-corrected chi connectivity index (χ1v) is 11.7. The molecule has 0 aliphatic heterocycles. The summed E-state index contributed by atoms with van der Waals surface area (Å²) >= 11 is 27.9. The van der Waals surface area contributed by atoms with Gasteiger partial charge in [-0.1, -0.05) is 76.9 Å². The quantitative estimate of drug-likeness (QED) is 0.115. The van der Waals surface area contributed by atoms with E-state index >= 15 is 0 Å². The maximum atomic E-state index is 10.3. The smallest absolute Gasteiger partial charge is 1.00 e. The van der Waals surface area contributed by atoms with Gasteiger partial charge in [0.25, 0.3) is 0 Å². The van der Waals surface area contributed by atoms with E-state index in [0.29, 0.717) is 19.2 Å². The molecule has 5 nitrogen and oxygen atoms in total. The van der Waals surface area contributed by atoms with Crippen molar-refractivity contribution in [2.75, 3.05) is 5.75 Å². The molecule has 0 aliphatic carbocycles. The molecule has 0 bridgehead atoms. The second kappa shape index (κ2) is 25.8. The number of rotatable bonds is 4. The van der Waals surface area contributed by atoms with Crippen LogP contribution < -0.4 is 57.8 Å². The number of thiocarbonyl (C=S) groups is 2. The number of carbonyl (C=O) groups is 1. The molecule has 0 radical (unpaired) electrons. The van der Waals surface area contributed by atoms with Crippen molar-refractivity contribution in [1.29, 1.82) is 0 Å². The second-order valence-corrected chi connectivity index (χ2v) is 9.05. The van der Waals surface area contributed by atoms with Crippen molar-refractivity contribution in [2.45, 2.75) is 0 Å². The number of hydrazine groups is 1. The average Bonchev–Trinajstić information content (AvgIpc) is 2.79. The molecule has 14 heteroatoms. The minimum Gasteiger partial charge on any atom is -1.00 e. The van der Waals surface area contributed by atoms with Gasteiger partial charge in [-0.3, -0.25) is 4.79 Å². The van der Waals surface area contributed by atoms with Crippen molar-refractivity contribution in [3.63, 3.8) is 0 Å². The van der Waals surface area contributed by atoms with E-state index in [2.05, 4.69) is 11.5 Å². The van der Waals surface area contributed by atoms with Crippen LogP contribution >= 0.6 is 71.0 Å². The van der Waals surface area contributed by atoms with Gasteiger partial charge >= 0.3 is 58.6 Å². The Bertz CT molecular complexity index is 1030. The Morgan fingerprint density at radius 2 is 1.28 bits per heavy atom. The third kappa shape index (κ3) is 20.5. The molecule has 36 heavy (non-hydrogen) atoms. The van der Waals surface area contributed by atoms with Crippen molar-refractivity contribution < 1.29 is 61.9 Å². The fraction of sp³-hybridized carbons (Fsp3) is 0.0455. The van der Waals surface area contributed by atoms with Crippen LogP contribution in [-0.2, 0) is 4.79 Å². The van der Waals surface area contributed by atoms with Gasteiger partial charge in [-0.15, -0.1) is 23.4 Å². The molecule has 3 rings (SSSR count). The monoisotopic (exact) mass is 686 g/mol. The standard InChI is InChI=1S/C9H7ClO2S2.C7H7ClN2S.C6H4Cl.BrH.Mg.Na.H2O/c10-7-3-1-6(2-4-7)9(13)14-5-8(11)12;8-6-3-1-5(2-4-6)7(11)10-9;7-6-4-2-1-3-5-6;;;;/h1-4H,5H2,(H,11,12);1-4H,9H2,(H,10,11);2-5H;1H;;;1H2/q;;-1;;+2;+1;/p-2. The Hall–Kier alpha value is 0.496. The third-order valence-corrected chi connectivity index (χ3v) is 5.91. The third-order valence-electron chi connectivity index (χ3n) is 3.32. The summed E-state index contributed by atoms with van der Waals surface area (Å²) in [6.07, 6.45) is 0. The number of thioether (sulfide) groups is 1. The number of benzene rings is 3. The van der Waals surface area contributed by atoms with Crippen LogP contribution in [0, 0.1) is 6.07 Å². The molecule has 0 aliphatic rings. The summed E-state index contributed by atoms with van der Waals surface area (Å²) in [5, 5.41) is 10.5. The van der Waals surface area contributed by atoms with Crippen molar-refractivity contribution in [2.24, 2.45) is 5.84 Å². The molecule has 0 amide bonds. The Balaban J connectivity index is -0.000000211. The maximum absolute atomic E-state index is 10.3. The van der Waals surface area contributed by atoms with Gasteiger partial charge in [0, 0.05) is 15.6 Å². The minimum absolute atomic E-state index is 0. The van der Waals surface area contributed by atoms with Crippen LogP contribution in [0.2, 0.25) is 15.1 Å². The topological polar surface area (TPSA) is 105 Å². The van der Waals surface area contributed by atoms with Gasteiger partial charge in [-0.25, -0.2) is 5.84 Å². The Kier molecular flexibility index (Phi) is 31.2. The SMILES string of the molecule is Clc1cc[c-]cc1.NNC(=S)c1ccc(Cl)cc1.O=C(O)CSC(=S)c1ccc(Cl)cc1.[Br-].[Mg+2].[Na+].[OH-]. The molecule has 0 saturated heterocycles. The first-order valence-electron chi connectivity index (χ1n) is 8.75. The normalized spacial score (nSPS) is 8.33. The second-order valence-electron chi connectivity index (χ2n) is 5.68. The molecular weight excluding hydrogens is 670 g/mol. The van der Waals surface area contributed by atoms with Crippen LogP contribution in [-0.4, -0.2) is 54.5 Å². The maximum Gasteiger partial charge on any atom is 2.00 e. The zero-order chi connectivity index (χ0) is 23.9. The number of aliphatic carboxylic acids is 1.